The predicted octanol–water partition coefficient (Wildman–Crippen LogP) is 2.37. The van der Waals surface area contributed by atoms with E-state index < -0.39 is 5.97 Å². The number of piperidine rings is 1. The van der Waals surface area contributed by atoms with Gasteiger partial charge in [-0.05, 0) is 31.3 Å². The van der Waals surface area contributed by atoms with Gasteiger partial charge in [0.15, 0.2) is 11.5 Å². The Balaban J connectivity index is 1.44. The number of hydrogen-bond acceptors (Lipinski definition) is 8. The highest BCUT2D eigenvalue weighted by molar-refractivity contribution is 5.91. The van der Waals surface area contributed by atoms with E-state index in [9.17, 15) is 14.7 Å². The van der Waals surface area contributed by atoms with Gasteiger partial charge in [-0.25, -0.2) is 9.59 Å². The first-order valence-electron chi connectivity index (χ1n) is 10.5. The summed E-state index contributed by atoms with van der Waals surface area (Å²) in [5.74, 6) is -0.778. The van der Waals surface area contributed by atoms with Gasteiger partial charge in [-0.3, -0.25) is 4.90 Å². The molecule has 9 nitrogen and oxygen atoms in total. The Kier molecular flexibility index (Phi) is 6.01. The summed E-state index contributed by atoms with van der Waals surface area (Å²) < 4.78 is 23.6. The van der Waals surface area contributed by atoms with Crippen molar-refractivity contribution in [3.05, 3.63) is 41.7 Å². The quantitative estimate of drug-likeness (QED) is 0.678. The number of ether oxygens (including phenoxy) is 4. The van der Waals surface area contributed by atoms with E-state index >= 15 is 0 Å². The monoisotopic (exact) mass is 444 g/mol. The standard InChI is InChI=1S/C23H28N2O7/c1-24-7-5-6-16(24)23(28)32-18-11-14-10-15(12-17(18)25(14)2)31-22(27)13-8-19(29-3)21(26)20(9-13)30-4/h5-9,14-15,17-18,26H,10-12H2,1-4H3/t14-,15+,17+,18+/m0/s1. The van der Waals surface area contributed by atoms with Crippen LogP contribution in [0.2, 0.25) is 0 Å². The molecule has 9 heteroatoms. The maximum Gasteiger partial charge on any atom is 0.355 e. The molecule has 2 aliphatic rings. The average molecular weight is 444 g/mol. The molecule has 0 unspecified atom stereocenters. The lowest BCUT2D eigenvalue weighted by atomic mass is 10.00. The molecule has 1 aromatic heterocycles. The highest BCUT2D eigenvalue weighted by Gasteiger charge is 2.48. The third-order valence-electron chi connectivity index (χ3n) is 6.47. The first-order chi connectivity index (χ1) is 15.3. The van der Waals surface area contributed by atoms with Crippen molar-refractivity contribution in [3.63, 3.8) is 0 Å². The Morgan fingerprint density at radius 3 is 2.28 bits per heavy atom. The molecule has 32 heavy (non-hydrogen) atoms. The first kappa shape index (κ1) is 22.0. The van der Waals surface area contributed by atoms with Gasteiger partial charge in [0.25, 0.3) is 0 Å². The number of hydrogen-bond donors (Lipinski definition) is 1. The van der Waals surface area contributed by atoms with E-state index in [0.29, 0.717) is 25.0 Å². The molecular weight excluding hydrogens is 416 g/mol. The lowest BCUT2D eigenvalue weighted by Crippen LogP contribution is -2.46. The second kappa shape index (κ2) is 8.74. The van der Waals surface area contributed by atoms with Crippen LogP contribution in [0.1, 0.15) is 40.1 Å². The largest absolute Gasteiger partial charge is 0.502 e. The number of aromatic hydroxyl groups is 1. The smallest absolute Gasteiger partial charge is 0.355 e. The van der Waals surface area contributed by atoms with Crippen molar-refractivity contribution >= 4 is 11.9 Å². The maximum atomic E-state index is 12.8. The van der Waals surface area contributed by atoms with Crippen molar-refractivity contribution in [3.8, 4) is 17.2 Å². The Morgan fingerprint density at radius 2 is 1.69 bits per heavy atom. The second-order valence-corrected chi connectivity index (χ2v) is 8.30. The molecule has 3 heterocycles. The van der Waals surface area contributed by atoms with E-state index in [2.05, 4.69) is 4.90 Å². The fourth-order valence-corrected chi connectivity index (χ4v) is 4.70. The van der Waals surface area contributed by atoms with E-state index in [1.54, 1.807) is 29.9 Å². The van der Waals surface area contributed by atoms with Crippen LogP contribution in [-0.2, 0) is 16.5 Å². The summed E-state index contributed by atoms with van der Waals surface area (Å²) in [7, 11) is 6.61. The van der Waals surface area contributed by atoms with E-state index in [1.807, 2.05) is 7.05 Å². The van der Waals surface area contributed by atoms with Crippen molar-refractivity contribution in [2.24, 2.45) is 7.05 Å². The lowest BCUT2D eigenvalue weighted by Gasteiger charge is -2.36. The Bertz CT molecular complexity index is 993. The number of carbonyl (C=O) groups is 2. The van der Waals surface area contributed by atoms with E-state index in [1.165, 1.54) is 26.4 Å². The minimum absolute atomic E-state index is 0.0281. The third kappa shape index (κ3) is 4.00. The number of benzene rings is 1. The third-order valence-corrected chi connectivity index (χ3v) is 6.47. The summed E-state index contributed by atoms with van der Waals surface area (Å²) in [5, 5.41) is 10.1. The number of phenols is 1. The van der Waals surface area contributed by atoms with Gasteiger partial charge >= 0.3 is 11.9 Å². The minimum atomic E-state index is -0.520. The van der Waals surface area contributed by atoms with E-state index in [0.717, 1.165) is 0 Å². The zero-order valence-corrected chi connectivity index (χ0v) is 18.6. The molecule has 2 saturated heterocycles. The number of rotatable bonds is 6. The molecule has 4 rings (SSSR count). The molecule has 2 aliphatic heterocycles. The highest BCUT2D eigenvalue weighted by Crippen LogP contribution is 2.40. The Hall–Kier alpha value is -3.20. The number of esters is 2. The minimum Gasteiger partial charge on any atom is -0.502 e. The molecule has 0 aliphatic carbocycles. The van der Waals surface area contributed by atoms with Crippen LogP contribution in [-0.4, -0.2) is 72.1 Å². The van der Waals surface area contributed by atoms with Crippen LogP contribution in [0.4, 0.5) is 0 Å². The Labute approximate surface area is 186 Å². The average Bonchev–Trinajstić information content (AvgIpc) is 3.26. The SMILES string of the molecule is COc1cc(C(=O)O[C@@H]2C[C@H]3C[C@@H](OC(=O)c4cccn4C)[C@@H](C2)N3C)cc(OC)c1O. The number of nitrogens with zero attached hydrogens (tertiary/aromatic N) is 2. The van der Waals surface area contributed by atoms with Crippen LogP contribution in [0.3, 0.4) is 0 Å². The summed E-state index contributed by atoms with van der Waals surface area (Å²) in [5.41, 5.74) is 0.738. The van der Waals surface area contributed by atoms with Crippen molar-refractivity contribution in [1.82, 2.24) is 9.47 Å². The van der Waals surface area contributed by atoms with Crippen molar-refractivity contribution in [1.29, 1.82) is 0 Å². The van der Waals surface area contributed by atoms with Gasteiger partial charge in [0.05, 0.1) is 25.8 Å². The molecule has 0 spiro atoms. The molecule has 4 atom stereocenters. The van der Waals surface area contributed by atoms with Crippen LogP contribution in [0.15, 0.2) is 30.5 Å². The fraction of sp³-hybridized carbons (Fsp3) is 0.478. The second-order valence-electron chi connectivity index (χ2n) is 8.30. The molecule has 0 amide bonds. The number of methoxy groups -OCH3 is 2. The van der Waals surface area contributed by atoms with Gasteiger partial charge in [-0.1, -0.05) is 0 Å². The first-order valence-corrected chi connectivity index (χ1v) is 10.5. The predicted molar refractivity (Wildman–Crippen MR) is 114 cm³/mol. The molecular formula is C23H28N2O7. The molecule has 1 N–H and O–H groups in total. The van der Waals surface area contributed by atoms with E-state index in [-0.39, 0.29) is 53.1 Å². The Morgan fingerprint density at radius 1 is 1.00 bits per heavy atom. The van der Waals surface area contributed by atoms with Crippen molar-refractivity contribution < 1.29 is 33.6 Å². The summed E-state index contributed by atoms with van der Waals surface area (Å²) in [6.07, 6.45) is 3.16. The number of fused-ring (bicyclic) bond motifs is 2. The van der Waals surface area contributed by atoms with Crippen LogP contribution in [0.5, 0.6) is 17.2 Å². The zero-order chi connectivity index (χ0) is 23.0. The summed E-state index contributed by atoms with van der Waals surface area (Å²) in [6.45, 7) is 0. The van der Waals surface area contributed by atoms with Crippen LogP contribution < -0.4 is 9.47 Å². The molecule has 172 valence electrons. The van der Waals surface area contributed by atoms with Gasteiger partial charge in [0.2, 0.25) is 5.75 Å². The molecule has 0 saturated carbocycles. The van der Waals surface area contributed by atoms with E-state index in [4.69, 9.17) is 18.9 Å². The lowest BCUT2D eigenvalue weighted by molar-refractivity contribution is -0.0154. The van der Waals surface area contributed by atoms with Crippen molar-refractivity contribution in [2.75, 3.05) is 21.3 Å². The summed E-state index contributed by atoms with van der Waals surface area (Å²) in [4.78, 5) is 27.6. The number of carbonyl (C=O) groups excluding carboxylic acids is 2. The van der Waals surface area contributed by atoms with Gasteiger partial charge in [-0.15, -0.1) is 0 Å². The van der Waals surface area contributed by atoms with Gasteiger partial charge < -0.3 is 28.6 Å². The molecule has 0 radical (unpaired) electrons. The highest BCUT2D eigenvalue weighted by atomic mass is 16.6. The van der Waals surface area contributed by atoms with Gasteiger partial charge in [0.1, 0.15) is 17.9 Å². The molecule has 2 aromatic rings. The number of phenolic OH excluding ortho intramolecular Hbond substituents is 1. The maximum absolute atomic E-state index is 12.8. The molecule has 2 fully saturated rings. The van der Waals surface area contributed by atoms with Crippen molar-refractivity contribution in [2.45, 2.75) is 43.6 Å². The zero-order valence-electron chi connectivity index (χ0n) is 18.6. The van der Waals surface area contributed by atoms with Crippen LogP contribution in [0, 0.1) is 0 Å². The summed E-state index contributed by atoms with van der Waals surface area (Å²) >= 11 is 0. The molecule has 2 bridgehead atoms. The van der Waals surface area contributed by atoms with Gasteiger partial charge in [0, 0.05) is 38.5 Å². The number of aryl methyl sites for hydroxylation is 1. The topological polar surface area (TPSA) is 99.5 Å². The van der Waals surface area contributed by atoms with Gasteiger partial charge in [-0.2, -0.15) is 0 Å². The number of likely N-dealkylation sites (N-methyl/N-ethyl adjacent to an activating group) is 1. The molecule has 1 aromatic carbocycles. The van der Waals surface area contributed by atoms with Crippen LogP contribution in [0.25, 0.3) is 0 Å². The fourth-order valence-electron chi connectivity index (χ4n) is 4.70. The summed E-state index contributed by atoms with van der Waals surface area (Å²) in [6, 6.07) is 6.51. The number of aromatic nitrogens is 1. The normalized spacial score (nSPS) is 24.8. The van der Waals surface area contributed by atoms with Crippen LogP contribution >= 0.6 is 0 Å².